The highest BCUT2D eigenvalue weighted by Gasteiger charge is 1.76. The summed E-state index contributed by atoms with van der Waals surface area (Å²) in [6.45, 7) is 12.3. The molecule has 12 heavy (non-hydrogen) atoms. The lowest BCUT2D eigenvalue weighted by molar-refractivity contribution is 1.38. The Morgan fingerprint density at radius 3 is 1.75 bits per heavy atom. The van der Waals surface area contributed by atoms with Crippen LogP contribution in [0.3, 0.4) is 0 Å². The summed E-state index contributed by atoms with van der Waals surface area (Å²) in [6, 6.07) is 0. The Balaban J connectivity index is 0. The second-order valence-corrected chi connectivity index (χ2v) is 2.65. The minimum Gasteiger partial charge on any atom is -0.0874 e. The van der Waals surface area contributed by atoms with Crippen LogP contribution in [0.2, 0.25) is 0 Å². The van der Waals surface area contributed by atoms with Gasteiger partial charge in [-0.15, -0.1) is 0 Å². The van der Waals surface area contributed by atoms with Crippen molar-refractivity contribution in [3.8, 4) is 0 Å². The van der Waals surface area contributed by atoms with Crippen molar-refractivity contribution in [1.82, 2.24) is 0 Å². The van der Waals surface area contributed by atoms with E-state index in [1.807, 2.05) is 26.8 Å². The molecule has 0 unspecified atom stereocenters. The molecule has 0 bridgehead atoms. The fourth-order valence-corrected chi connectivity index (χ4v) is 0.617. The molecule has 0 spiro atoms. The van der Waals surface area contributed by atoms with Crippen molar-refractivity contribution >= 4 is 0 Å². The summed E-state index contributed by atoms with van der Waals surface area (Å²) >= 11 is 0. The van der Waals surface area contributed by atoms with Crippen LogP contribution in [0.25, 0.3) is 0 Å². The molecule has 0 radical (unpaired) electrons. The van der Waals surface area contributed by atoms with Gasteiger partial charge >= 0.3 is 0 Å². The number of allylic oxidation sites excluding steroid dienone is 6. The molecule has 0 saturated carbocycles. The van der Waals surface area contributed by atoms with Gasteiger partial charge in [-0.25, -0.2) is 0 Å². The minimum absolute atomic E-state index is 1.30. The van der Waals surface area contributed by atoms with Gasteiger partial charge in [-0.3, -0.25) is 0 Å². The lowest BCUT2D eigenvalue weighted by Crippen LogP contribution is -1.66. The zero-order chi connectivity index (χ0) is 9.98. The lowest BCUT2D eigenvalue weighted by Gasteiger charge is -1.87. The maximum atomic E-state index is 2.12. The van der Waals surface area contributed by atoms with Crippen LogP contribution in [0.5, 0.6) is 0 Å². The molecule has 0 aromatic heterocycles. The molecule has 0 amide bonds. The summed E-state index contributed by atoms with van der Waals surface area (Å²) in [7, 11) is 0. The first-order valence-corrected chi connectivity index (χ1v) is 4.61. The van der Waals surface area contributed by atoms with Gasteiger partial charge in [-0.1, -0.05) is 49.3 Å². The molecule has 0 atom stereocenters. The van der Waals surface area contributed by atoms with Crippen molar-refractivity contribution in [2.75, 3.05) is 0 Å². The first kappa shape index (κ1) is 13.8. The second kappa shape index (κ2) is 10.2. The van der Waals surface area contributed by atoms with E-state index in [0.29, 0.717) is 0 Å². The van der Waals surface area contributed by atoms with E-state index >= 15 is 0 Å². The van der Waals surface area contributed by atoms with Crippen molar-refractivity contribution in [3.63, 3.8) is 0 Å². The summed E-state index contributed by atoms with van der Waals surface area (Å²) in [4.78, 5) is 0. The minimum atomic E-state index is 1.30. The molecule has 0 aliphatic carbocycles. The molecular formula is C12H22. The van der Waals surface area contributed by atoms with Crippen molar-refractivity contribution in [3.05, 3.63) is 35.5 Å². The average molecular weight is 166 g/mol. The van der Waals surface area contributed by atoms with E-state index in [2.05, 4.69) is 39.0 Å². The standard InChI is InChI=1S/C10H16.C2H6/c1-5-6-10(4)8-7-9(2)3;1-2/h5-8H,1-4H3;1-2H3/b6-5-,10-8-;. The van der Waals surface area contributed by atoms with E-state index < -0.39 is 0 Å². The van der Waals surface area contributed by atoms with Crippen LogP contribution in [-0.4, -0.2) is 0 Å². The first-order chi connectivity index (χ1) is 5.66. The fraction of sp³-hybridized carbons (Fsp3) is 0.500. The molecule has 70 valence electrons. The van der Waals surface area contributed by atoms with Gasteiger partial charge in [0.05, 0.1) is 0 Å². The Morgan fingerprint density at radius 1 is 0.917 bits per heavy atom. The normalized spacial score (nSPS) is 10.7. The van der Waals surface area contributed by atoms with Crippen LogP contribution in [0.1, 0.15) is 41.5 Å². The van der Waals surface area contributed by atoms with Crippen LogP contribution in [0.15, 0.2) is 35.5 Å². The lowest BCUT2D eigenvalue weighted by atomic mass is 10.2. The quantitative estimate of drug-likeness (QED) is 0.530. The third kappa shape index (κ3) is 12.0. The van der Waals surface area contributed by atoms with E-state index in [4.69, 9.17) is 0 Å². The summed E-state index contributed by atoms with van der Waals surface area (Å²) < 4.78 is 0. The number of rotatable bonds is 2. The number of hydrogen-bond acceptors (Lipinski definition) is 0. The van der Waals surface area contributed by atoms with Gasteiger partial charge in [0.25, 0.3) is 0 Å². The molecule has 0 aromatic rings. The van der Waals surface area contributed by atoms with Crippen LogP contribution >= 0.6 is 0 Å². The molecule has 0 aliphatic rings. The van der Waals surface area contributed by atoms with E-state index in [1.54, 1.807) is 0 Å². The molecule has 0 fully saturated rings. The van der Waals surface area contributed by atoms with Gasteiger partial charge in [-0.2, -0.15) is 0 Å². The van der Waals surface area contributed by atoms with Gasteiger partial charge in [0.1, 0.15) is 0 Å². The topological polar surface area (TPSA) is 0 Å². The molecule has 0 heterocycles. The van der Waals surface area contributed by atoms with Gasteiger partial charge < -0.3 is 0 Å². The van der Waals surface area contributed by atoms with Gasteiger partial charge in [-0.05, 0) is 27.7 Å². The summed E-state index contributed by atoms with van der Waals surface area (Å²) in [6.07, 6.45) is 8.38. The molecule has 0 rings (SSSR count). The van der Waals surface area contributed by atoms with Crippen molar-refractivity contribution in [2.24, 2.45) is 0 Å². The summed E-state index contributed by atoms with van der Waals surface area (Å²) in [5.74, 6) is 0. The Morgan fingerprint density at radius 2 is 1.42 bits per heavy atom. The maximum Gasteiger partial charge on any atom is -0.0398 e. The molecule has 0 saturated heterocycles. The van der Waals surface area contributed by atoms with Crippen molar-refractivity contribution in [1.29, 1.82) is 0 Å². The Bertz CT molecular complexity index is 164. The van der Waals surface area contributed by atoms with E-state index in [-0.39, 0.29) is 0 Å². The summed E-state index contributed by atoms with van der Waals surface area (Å²) in [5, 5.41) is 0. The zero-order valence-corrected chi connectivity index (χ0v) is 9.31. The largest absolute Gasteiger partial charge is 0.0874 e. The van der Waals surface area contributed by atoms with Crippen LogP contribution in [0, 0.1) is 0 Å². The Labute approximate surface area is 77.7 Å². The highest BCUT2D eigenvalue weighted by molar-refractivity contribution is 5.22. The van der Waals surface area contributed by atoms with Gasteiger partial charge in [0, 0.05) is 0 Å². The third-order valence-corrected chi connectivity index (χ3v) is 1.11. The Kier molecular flexibility index (Phi) is 11.7. The second-order valence-electron chi connectivity index (χ2n) is 2.65. The van der Waals surface area contributed by atoms with Crippen molar-refractivity contribution in [2.45, 2.75) is 41.5 Å². The van der Waals surface area contributed by atoms with Crippen LogP contribution < -0.4 is 0 Å². The van der Waals surface area contributed by atoms with Gasteiger partial charge in [0.15, 0.2) is 0 Å². The SMILES string of the molecule is C/C=C\C(C)=C/C=C(C)C.CC. The number of hydrogen-bond donors (Lipinski definition) is 0. The molecule has 0 aromatic carbocycles. The Hall–Kier alpha value is -0.780. The van der Waals surface area contributed by atoms with Crippen LogP contribution in [0.4, 0.5) is 0 Å². The third-order valence-electron chi connectivity index (χ3n) is 1.11. The molecule has 0 heteroatoms. The zero-order valence-electron chi connectivity index (χ0n) is 9.31. The molecule has 0 N–H and O–H groups in total. The summed E-state index contributed by atoms with van der Waals surface area (Å²) in [5.41, 5.74) is 2.63. The first-order valence-electron chi connectivity index (χ1n) is 4.61. The fourth-order valence-electron chi connectivity index (χ4n) is 0.617. The van der Waals surface area contributed by atoms with Crippen LogP contribution in [-0.2, 0) is 0 Å². The highest BCUT2D eigenvalue weighted by Crippen LogP contribution is 1.97. The van der Waals surface area contributed by atoms with E-state index in [9.17, 15) is 0 Å². The molecule has 0 nitrogen and oxygen atoms in total. The predicted octanol–water partition coefficient (Wildman–Crippen LogP) is 4.50. The van der Waals surface area contributed by atoms with E-state index in [0.717, 1.165) is 0 Å². The predicted molar refractivity (Wildman–Crippen MR) is 59.4 cm³/mol. The monoisotopic (exact) mass is 166 g/mol. The van der Waals surface area contributed by atoms with Crippen molar-refractivity contribution < 1.29 is 0 Å². The highest BCUT2D eigenvalue weighted by atomic mass is 13.8. The smallest absolute Gasteiger partial charge is 0.0398 e. The van der Waals surface area contributed by atoms with E-state index in [1.165, 1.54) is 11.1 Å². The maximum absolute atomic E-state index is 2.12. The molecular weight excluding hydrogens is 144 g/mol. The van der Waals surface area contributed by atoms with Gasteiger partial charge in [0.2, 0.25) is 0 Å². The molecule has 0 aliphatic heterocycles. The average Bonchev–Trinajstić information content (AvgIpc) is 2.05.